The van der Waals surface area contributed by atoms with Crippen molar-refractivity contribution >= 4 is 0 Å². The summed E-state index contributed by atoms with van der Waals surface area (Å²) in [7, 11) is 0. The van der Waals surface area contributed by atoms with Crippen molar-refractivity contribution in [2.24, 2.45) is 17.8 Å². The van der Waals surface area contributed by atoms with Crippen LogP contribution in [0.3, 0.4) is 0 Å². The molecule has 0 radical (unpaired) electrons. The van der Waals surface area contributed by atoms with Gasteiger partial charge >= 0.3 is 0 Å². The summed E-state index contributed by atoms with van der Waals surface area (Å²) in [4.78, 5) is 0. The molecule has 70 valence electrons. The van der Waals surface area contributed by atoms with Crippen LogP contribution in [0.25, 0.3) is 0 Å². The Labute approximate surface area is 76.7 Å². The van der Waals surface area contributed by atoms with E-state index in [1.165, 1.54) is 25.7 Å². The maximum atomic E-state index is 2.44. The zero-order valence-electron chi connectivity index (χ0n) is 8.39. The minimum absolute atomic E-state index is 1.02. The van der Waals surface area contributed by atoms with Crippen LogP contribution in [0.2, 0.25) is 0 Å². The first-order valence-corrected chi connectivity index (χ1v) is 5.86. The second-order valence-corrected chi connectivity index (χ2v) is 5.06. The Balaban J connectivity index is 1.94. The van der Waals surface area contributed by atoms with Gasteiger partial charge in [-0.15, -0.1) is 0 Å². The van der Waals surface area contributed by atoms with Gasteiger partial charge in [-0.1, -0.05) is 45.4 Å². The summed E-state index contributed by atoms with van der Waals surface area (Å²) in [6.07, 6.45) is 12.3. The summed E-state index contributed by atoms with van der Waals surface area (Å²) in [6.45, 7) is 2.44. The highest BCUT2D eigenvalue weighted by atomic mass is 14.3. The Morgan fingerprint density at radius 1 is 0.667 bits per heavy atom. The molecular formula is C12H22. The molecule has 0 aromatic carbocycles. The lowest BCUT2D eigenvalue weighted by Gasteiger charge is -2.29. The van der Waals surface area contributed by atoms with Crippen molar-refractivity contribution in [3.8, 4) is 0 Å². The Bertz CT molecular complexity index is 123. The highest BCUT2D eigenvalue weighted by Gasteiger charge is 2.27. The summed E-state index contributed by atoms with van der Waals surface area (Å²) >= 11 is 0. The summed E-state index contributed by atoms with van der Waals surface area (Å²) in [5.41, 5.74) is 0. The van der Waals surface area contributed by atoms with Crippen LogP contribution in [-0.2, 0) is 0 Å². The molecule has 0 saturated heterocycles. The fraction of sp³-hybridized carbons (Fsp3) is 1.00. The van der Waals surface area contributed by atoms with E-state index >= 15 is 0 Å². The van der Waals surface area contributed by atoms with Gasteiger partial charge in [0.1, 0.15) is 0 Å². The molecule has 12 heavy (non-hydrogen) atoms. The Morgan fingerprint density at radius 2 is 1.17 bits per heavy atom. The standard InChI is InChI=1S/C12H22/c1-10-6-8-11-4-2-3-5-12(11)9-7-10/h10-12H,2-9H2,1H3. The number of hydrogen-bond acceptors (Lipinski definition) is 0. The van der Waals surface area contributed by atoms with Crippen LogP contribution in [0.4, 0.5) is 0 Å². The van der Waals surface area contributed by atoms with E-state index in [1.54, 1.807) is 25.7 Å². The molecule has 2 fully saturated rings. The molecule has 0 aliphatic heterocycles. The molecule has 0 N–H and O–H groups in total. The van der Waals surface area contributed by atoms with Crippen LogP contribution in [0, 0.1) is 17.8 Å². The molecule has 2 rings (SSSR count). The van der Waals surface area contributed by atoms with Crippen LogP contribution in [-0.4, -0.2) is 0 Å². The molecule has 2 aliphatic carbocycles. The molecule has 0 aromatic rings. The molecule has 2 atom stereocenters. The van der Waals surface area contributed by atoms with Gasteiger partial charge in [-0.3, -0.25) is 0 Å². The third kappa shape index (κ3) is 1.84. The number of fused-ring (bicyclic) bond motifs is 1. The summed E-state index contributed by atoms with van der Waals surface area (Å²) in [6, 6.07) is 0. The van der Waals surface area contributed by atoms with Crippen LogP contribution in [0.15, 0.2) is 0 Å². The van der Waals surface area contributed by atoms with E-state index in [0.29, 0.717) is 0 Å². The first-order chi connectivity index (χ1) is 5.86. The molecule has 0 aromatic heterocycles. The maximum absolute atomic E-state index is 2.44. The quantitative estimate of drug-likeness (QED) is 0.510. The van der Waals surface area contributed by atoms with E-state index in [-0.39, 0.29) is 0 Å². The third-order valence-corrected chi connectivity index (χ3v) is 4.13. The maximum Gasteiger partial charge on any atom is -0.0386 e. The summed E-state index contributed by atoms with van der Waals surface area (Å²) < 4.78 is 0. The highest BCUT2D eigenvalue weighted by Crippen LogP contribution is 2.40. The van der Waals surface area contributed by atoms with Gasteiger partial charge in [-0.05, 0) is 30.6 Å². The SMILES string of the molecule is CC1CCC2CCCCC2CC1. The zero-order chi connectivity index (χ0) is 8.39. The topological polar surface area (TPSA) is 0 Å². The fourth-order valence-electron chi connectivity index (χ4n) is 3.19. The second kappa shape index (κ2) is 3.81. The van der Waals surface area contributed by atoms with Gasteiger partial charge in [0.05, 0.1) is 0 Å². The predicted octanol–water partition coefficient (Wildman–Crippen LogP) is 4.00. The molecule has 2 unspecified atom stereocenters. The van der Waals surface area contributed by atoms with Crippen molar-refractivity contribution in [1.82, 2.24) is 0 Å². The van der Waals surface area contributed by atoms with Gasteiger partial charge in [-0.2, -0.15) is 0 Å². The van der Waals surface area contributed by atoms with Gasteiger partial charge in [0.25, 0.3) is 0 Å². The third-order valence-electron chi connectivity index (χ3n) is 4.13. The van der Waals surface area contributed by atoms with Crippen molar-refractivity contribution < 1.29 is 0 Å². The average Bonchev–Trinajstić information content (AvgIpc) is 2.29. The van der Waals surface area contributed by atoms with E-state index in [1.807, 2.05) is 0 Å². The largest absolute Gasteiger partial charge is 0.0625 e. The first kappa shape index (κ1) is 8.59. The van der Waals surface area contributed by atoms with Crippen LogP contribution < -0.4 is 0 Å². The molecule has 0 heteroatoms. The van der Waals surface area contributed by atoms with Gasteiger partial charge in [0.15, 0.2) is 0 Å². The lowest BCUT2D eigenvalue weighted by atomic mass is 9.77. The molecule has 0 heterocycles. The Kier molecular flexibility index (Phi) is 2.73. The minimum Gasteiger partial charge on any atom is -0.0625 e. The summed E-state index contributed by atoms with van der Waals surface area (Å²) in [5, 5.41) is 0. The zero-order valence-corrected chi connectivity index (χ0v) is 8.39. The smallest absolute Gasteiger partial charge is 0.0386 e. The van der Waals surface area contributed by atoms with Crippen molar-refractivity contribution in [3.05, 3.63) is 0 Å². The average molecular weight is 166 g/mol. The van der Waals surface area contributed by atoms with E-state index in [9.17, 15) is 0 Å². The van der Waals surface area contributed by atoms with Gasteiger partial charge in [0.2, 0.25) is 0 Å². The molecule has 0 spiro atoms. The minimum atomic E-state index is 1.02. The predicted molar refractivity (Wildman–Crippen MR) is 53.1 cm³/mol. The van der Waals surface area contributed by atoms with E-state index in [4.69, 9.17) is 0 Å². The monoisotopic (exact) mass is 166 g/mol. The van der Waals surface area contributed by atoms with Gasteiger partial charge in [-0.25, -0.2) is 0 Å². The lowest BCUT2D eigenvalue weighted by molar-refractivity contribution is 0.224. The van der Waals surface area contributed by atoms with Crippen molar-refractivity contribution in [2.45, 2.75) is 58.3 Å². The normalized spacial score (nSPS) is 43.2. The molecule has 0 amide bonds. The highest BCUT2D eigenvalue weighted by molar-refractivity contribution is 4.79. The number of rotatable bonds is 0. The number of hydrogen-bond donors (Lipinski definition) is 0. The van der Waals surface area contributed by atoms with Gasteiger partial charge < -0.3 is 0 Å². The fourth-order valence-corrected chi connectivity index (χ4v) is 3.19. The molecular weight excluding hydrogens is 144 g/mol. The van der Waals surface area contributed by atoms with Crippen LogP contribution >= 0.6 is 0 Å². The molecule has 0 bridgehead atoms. The van der Waals surface area contributed by atoms with Crippen LogP contribution in [0.5, 0.6) is 0 Å². The lowest BCUT2D eigenvalue weighted by Crippen LogP contribution is -2.17. The van der Waals surface area contributed by atoms with E-state index in [2.05, 4.69) is 6.92 Å². The van der Waals surface area contributed by atoms with Crippen molar-refractivity contribution in [1.29, 1.82) is 0 Å². The molecule has 2 aliphatic rings. The molecule has 0 nitrogen and oxygen atoms in total. The van der Waals surface area contributed by atoms with Crippen molar-refractivity contribution in [3.63, 3.8) is 0 Å². The Hall–Kier alpha value is 0. The first-order valence-electron chi connectivity index (χ1n) is 5.86. The molecule has 2 saturated carbocycles. The van der Waals surface area contributed by atoms with Crippen LogP contribution in [0.1, 0.15) is 58.3 Å². The Morgan fingerprint density at radius 3 is 1.67 bits per heavy atom. The summed E-state index contributed by atoms with van der Waals surface area (Å²) in [5.74, 6) is 3.28. The van der Waals surface area contributed by atoms with Crippen molar-refractivity contribution in [2.75, 3.05) is 0 Å². The second-order valence-electron chi connectivity index (χ2n) is 5.06. The van der Waals surface area contributed by atoms with E-state index < -0.39 is 0 Å². The van der Waals surface area contributed by atoms with Gasteiger partial charge in [0, 0.05) is 0 Å². The van der Waals surface area contributed by atoms with E-state index in [0.717, 1.165) is 17.8 Å².